The molecule has 1 amide bonds. The molecule has 0 aliphatic rings. The zero-order valence-electron chi connectivity index (χ0n) is 39.1. The predicted molar refractivity (Wildman–Crippen MR) is 258 cm³/mol. The molecular weight excluding hydrogens is 818 g/mol. The molecule has 0 saturated heterocycles. The summed E-state index contributed by atoms with van der Waals surface area (Å²) in [6.45, 7) is 2.44. The minimum atomic E-state index is -4.77. The number of phosphoric ester groups is 1. The molecule has 0 aromatic heterocycles. The average Bonchev–Trinajstić information content (AvgIpc) is 3.26. The first-order valence-corrected chi connectivity index (χ1v) is 25.6. The maximum atomic E-state index is 12.3. The Balaban J connectivity index is 3.92. The van der Waals surface area contributed by atoms with Gasteiger partial charge in [0, 0.05) is 12.8 Å². The number of amides is 1. The molecule has 0 aliphatic carbocycles. The second-order valence-corrected chi connectivity index (χ2v) is 17.4. The average molecular weight is 904 g/mol. The largest absolute Gasteiger partial charge is 0.480 e. The number of rotatable bonds is 44. The van der Waals surface area contributed by atoms with E-state index in [0.29, 0.717) is 12.8 Å². The van der Waals surface area contributed by atoms with E-state index in [1.165, 1.54) is 32.1 Å². The number of aliphatic hydroxyl groups excluding tert-OH is 1. The first-order valence-electron chi connectivity index (χ1n) is 24.1. The van der Waals surface area contributed by atoms with Gasteiger partial charge in [0.2, 0.25) is 5.91 Å². The third kappa shape index (κ3) is 45.0. The molecule has 4 N–H and O–H groups in total. The summed E-state index contributed by atoms with van der Waals surface area (Å²) in [5.74, 6) is -2.41. The van der Waals surface area contributed by atoms with Crippen molar-refractivity contribution in [3.8, 4) is 0 Å². The number of carbonyl (C=O) groups is 3. The van der Waals surface area contributed by atoms with E-state index in [2.05, 4.69) is 104 Å². The van der Waals surface area contributed by atoms with Gasteiger partial charge in [-0.1, -0.05) is 170 Å². The van der Waals surface area contributed by atoms with Gasteiger partial charge < -0.3 is 25.2 Å². The molecule has 0 bridgehead atoms. The third-order valence-electron chi connectivity index (χ3n) is 9.92. The number of esters is 1. The van der Waals surface area contributed by atoms with Gasteiger partial charge in [-0.05, 0) is 89.9 Å². The number of hydrogen-bond acceptors (Lipinski definition) is 8. The van der Waals surface area contributed by atoms with Crippen LogP contribution < -0.4 is 5.32 Å². The minimum absolute atomic E-state index is 0.131. The Hall–Kier alpha value is -3.34. The van der Waals surface area contributed by atoms with Crippen molar-refractivity contribution in [2.45, 2.75) is 199 Å². The fourth-order valence-corrected chi connectivity index (χ4v) is 6.97. The van der Waals surface area contributed by atoms with Crippen LogP contribution in [0.3, 0.4) is 0 Å². The van der Waals surface area contributed by atoms with Crippen LogP contribution in [-0.4, -0.2) is 64.9 Å². The highest BCUT2D eigenvalue weighted by Crippen LogP contribution is 2.43. The second-order valence-electron chi connectivity index (χ2n) is 15.9. The summed E-state index contributed by atoms with van der Waals surface area (Å²) in [7, 11) is -4.77. The van der Waals surface area contributed by atoms with E-state index in [-0.39, 0.29) is 12.8 Å². The maximum absolute atomic E-state index is 12.3. The Kier molecular flexibility index (Phi) is 42.8. The highest BCUT2D eigenvalue weighted by Gasteiger charge is 2.28. The molecule has 3 atom stereocenters. The highest BCUT2D eigenvalue weighted by molar-refractivity contribution is 7.47. The quantitative estimate of drug-likeness (QED) is 0.0200. The van der Waals surface area contributed by atoms with E-state index in [9.17, 15) is 34.1 Å². The predicted octanol–water partition coefficient (Wildman–Crippen LogP) is 13.1. The molecule has 0 radical (unpaired) electrons. The molecule has 12 heteroatoms. The third-order valence-corrected chi connectivity index (χ3v) is 10.9. The fourth-order valence-electron chi connectivity index (χ4n) is 6.19. The van der Waals surface area contributed by atoms with Gasteiger partial charge in [0.25, 0.3) is 0 Å². The van der Waals surface area contributed by atoms with Crippen LogP contribution >= 0.6 is 7.82 Å². The summed E-state index contributed by atoms with van der Waals surface area (Å²) in [5.41, 5.74) is 0. The lowest BCUT2D eigenvalue weighted by molar-refractivity contribution is -0.147. The summed E-state index contributed by atoms with van der Waals surface area (Å²) >= 11 is 0. The van der Waals surface area contributed by atoms with Crippen LogP contribution in [0.25, 0.3) is 0 Å². The van der Waals surface area contributed by atoms with E-state index in [4.69, 9.17) is 13.8 Å². The number of allylic oxidation sites excluding steroid dienone is 14. The molecule has 3 unspecified atom stereocenters. The molecule has 11 nitrogen and oxygen atoms in total. The van der Waals surface area contributed by atoms with Gasteiger partial charge in [-0.2, -0.15) is 0 Å². The lowest BCUT2D eigenvalue weighted by Gasteiger charge is -2.18. The summed E-state index contributed by atoms with van der Waals surface area (Å²) < 4.78 is 26.9. The van der Waals surface area contributed by atoms with Crippen LogP contribution in [0.15, 0.2) is 85.1 Å². The number of unbranched alkanes of at least 4 members (excludes halogenated alkanes) is 16. The van der Waals surface area contributed by atoms with Gasteiger partial charge >= 0.3 is 19.8 Å². The lowest BCUT2D eigenvalue weighted by Crippen LogP contribution is -2.43. The van der Waals surface area contributed by atoms with Crippen molar-refractivity contribution >= 4 is 25.7 Å². The van der Waals surface area contributed by atoms with Gasteiger partial charge in [0.1, 0.15) is 12.7 Å². The zero-order chi connectivity index (χ0) is 46.3. The van der Waals surface area contributed by atoms with Gasteiger partial charge in [-0.25, -0.2) is 9.36 Å². The van der Waals surface area contributed by atoms with Crippen LogP contribution in [0, 0.1) is 0 Å². The molecule has 0 rings (SSSR count). The highest BCUT2D eigenvalue weighted by atomic mass is 31.2. The number of aliphatic hydroxyl groups is 1. The standard InChI is InChI=1S/C51H86NO10P/c1-3-5-7-9-11-13-15-17-19-21-23-24-25-27-29-31-33-35-37-39-41-43-50(55)60-44-47(53)45-61-63(58,59)62-46-48(51(56)57)52-49(54)42-40-38-36-34-32-30-28-26-22-20-18-16-14-12-10-8-6-4-2/h5,7,11,13-14,16-17,19-20,22-24,27,29,47-48,53H,3-4,6,8-10,12,15,18,21,25-26,28,30-46H2,1-2H3,(H,52,54)(H,56,57)(H,58,59)/b7-5-,13-11-,16-14-,19-17-,22-20-,24-23-,29-27-. The normalized spacial score (nSPS) is 14.3. The smallest absolute Gasteiger partial charge is 0.472 e. The number of carbonyl (C=O) groups excluding carboxylic acids is 2. The SMILES string of the molecule is CC/C=C\C/C=C\C/C=C\C/C=C\C/C=C\CCCCCCCC(=O)OCC(O)COP(=O)(O)OCC(NC(=O)CCCCCCCCC/C=C\C/C=C\CCCCCC)C(=O)O. The molecule has 0 heterocycles. The lowest BCUT2D eigenvalue weighted by atomic mass is 10.1. The van der Waals surface area contributed by atoms with Gasteiger partial charge in [0.05, 0.1) is 13.2 Å². The summed E-state index contributed by atoms with van der Waals surface area (Å²) in [6.07, 6.45) is 55.9. The van der Waals surface area contributed by atoms with Crippen molar-refractivity contribution in [1.29, 1.82) is 0 Å². The number of carboxylic acids is 1. The first-order chi connectivity index (χ1) is 30.6. The zero-order valence-corrected chi connectivity index (χ0v) is 40.0. The van der Waals surface area contributed by atoms with E-state index < -0.39 is 57.6 Å². The van der Waals surface area contributed by atoms with Crippen molar-refractivity contribution in [2.24, 2.45) is 0 Å². The number of nitrogens with one attached hydrogen (secondary N) is 1. The Morgan fingerprint density at radius 1 is 0.524 bits per heavy atom. The molecule has 0 aliphatic heterocycles. The first kappa shape index (κ1) is 59.7. The Morgan fingerprint density at radius 2 is 0.921 bits per heavy atom. The summed E-state index contributed by atoms with van der Waals surface area (Å²) in [4.78, 5) is 46.1. The van der Waals surface area contributed by atoms with Crippen LogP contribution in [0.5, 0.6) is 0 Å². The van der Waals surface area contributed by atoms with E-state index >= 15 is 0 Å². The molecular formula is C51H86NO10P. The summed E-state index contributed by atoms with van der Waals surface area (Å²) in [5, 5.41) is 21.9. The van der Waals surface area contributed by atoms with Crippen molar-refractivity contribution in [3.05, 3.63) is 85.1 Å². The number of aliphatic carboxylic acids is 1. The van der Waals surface area contributed by atoms with E-state index in [1.54, 1.807) is 0 Å². The van der Waals surface area contributed by atoms with Crippen molar-refractivity contribution < 1.29 is 47.8 Å². The molecule has 360 valence electrons. The van der Waals surface area contributed by atoms with Crippen LogP contribution in [0.4, 0.5) is 0 Å². The Bertz CT molecular complexity index is 1390. The monoisotopic (exact) mass is 904 g/mol. The number of hydrogen-bond donors (Lipinski definition) is 4. The molecule has 63 heavy (non-hydrogen) atoms. The van der Waals surface area contributed by atoms with Gasteiger partial charge in [-0.3, -0.25) is 18.6 Å². The van der Waals surface area contributed by atoms with Gasteiger partial charge in [0.15, 0.2) is 6.04 Å². The topological polar surface area (TPSA) is 169 Å². The van der Waals surface area contributed by atoms with Crippen molar-refractivity contribution in [3.63, 3.8) is 0 Å². The number of carboxylic acid groups (broad SMARTS) is 1. The number of phosphoric acid groups is 1. The van der Waals surface area contributed by atoms with E-state index in [1.807, 2.05) is 0 Å². The molecule has 0 aromatic carbocycles. The second kappa shape index (κ2) is 45.2. The Morgan fingerprint density at radius 3 is 1.38 bits per heavy atom. The van der Waals surface area contributed by atoms with Crippen LogP contribution in [0.1, 0.15) is 187 Å². The van der Waals surface area contributed by atoms with Crippen LogP contribution in [-0.2, 0) is 32.7 Å². The molecule has 0 saturated carbocycles. The fraction of sp³-hybridized carbons (Fsp3) is 0.667. The van der Waals surface area contributed by atoms with Crippen LogP contribution in [0.2, 0.25) is 0 Å². The minimum Gasteiger partial charge on any atom is -0.480 e. The van der Waals surface area contributed by atoms with E-state index in [0.717, 1.165) is 116 Å². The maximum Gasteiger partial charge on any atom is 0.472 e. The van der Waals surface area contributed by atoms with Gasteiger partial charge in [-0.15, -0.1) is 0 Å². The number of ether oxygens (including phenoxy) is 1. The Labute approximate surface area is 381 Å². The van der Waals surface area contributed by atoms with Crippen molar-refractivity contribution in [1.82, 2.24) is 5.32 Å². The molecule has 0 fully saturated rings. The molecule has 0 aromatic rings. The van der Waals surface area contributed by atoms with Crippen molar-refractivity contribution in [2.75, 3.05) is 19.8 Å². The summed E-state index contributed by atoms with van der Waals surface area (Å²) in [6, 6.07) is -1.56. The molecule has 0 spiro atoms.